The molecular formula is C17H25ClN4O2+2. The minimum absolute atomic E-state index is 0.0545. The number of nitrogens with one attached hydrogen (secondary N) is 3. The molecular weight excluding hydrogens is 328 g/mol. The van der Waals surface area contributed by atoms with Crippen LogP contribution < -0.4 is 15.1 Å². The van der Waals surface area contributed by atoms with E-state index in [-0.39, 0.29) is 18.0 Å². The van der Waals surface area contributed by atoms with Gasteiger partial charge in [-0.05, 0) is 19.1 Å². The largest absolute Gasteiger partial charge is 0.336 e. The molecule has 1 aromatic rings. The van der Waals surface area contributed by atoms with Gasteiger partial charge in [-0.2, -0.15) is 0 Å². The average Bonchev–Trinajstić information content (AvgIpc) is 3.02. The highest BCUT2D eigenvalue weighted by atomic mass is 35.5. The van der Waals surface area contributed by atoms with Gasteiger partial charge in [-0.25, -0.2) is 4.79 Å². The molecule has 7 heteroatoms. The molecule has 3 amide bonds. The van der Waals surface area contributed by atoms with Crippen molar-refractivity contribution in [2.75, 3.05) is 39.3 Å². The molecule has 0 bridgehead atoms. The summed E-state index contributed by atoms with van der Waals surface area (Å²) in [5.41, 5.74) is 1.29. The van der Waals surface area contributed by atoms with Gasteiger partial charge in [0.15, 0.2) is 6.04 Å². The van der Waals surface area contributed by atoms with Gasteiger partial charge in [-0.1, -0.05) is 23.7 Å². The number of rotatable bonds is 4. The molecule has 2 saturated heterocycles. The third-order valence-electron chi connectivity index (χ3n) is 5.07. The van der Waals surface area contributed by atoms with Crippen LogP contribution in [0.25, 0.3) is 0 Å². The van der Waals surface area contributed by atoms with E-state index in [1.54, 1.807) is 0 Å². The molecule has 6 nitrogen and oxygen atoms in total. The first kappa shape index (κ1) is 17.2. The van der Waals surface area contributed by atoms with Crippen molar-refractivity contribution in [3.05, 3.63) is 34.9 Å². The van der Waals surface area contributed by atoms with Crippen LogP contribution in [-0.2, 0) is 11.3 Å². The first-order chi connectivity index (χ1) is 11.5. The zero-order chi connectivity index (χ0) is 17.1. The Labute approximate surface area is 147 Å². The molecule has 2 fully saturated rings. The number of hydrogen-bond acceptors (Lipinski definition) is 2. The smallest absolute Gasteiger partial charge is 0.324 e. The van der Waals surface area contributed by atoms with Crippen molar-refractivity contribution < 1.29 is 19.4 Å². The van der Waals surface area contributed by atoms with Gasteiger partial charge in [0, 0.05) is 23.7 Å². The fourth-order valence-corrected chi connectivity index (χ4v) is 3.64. The quantitative estimate of drug-likeness (QED) is 0.622. The normalized spacial score (nSPS) is 25.4. The first-order valence-electron chi connectivity index (χ1n) is 8.56. The monoisotopic (exact) mass is 352 g/mol. The predicted molar refractivity (Wildman–Crippen MR) is 91.1 cm³/mol. The second-order valence-corrected chi connectivity index (χ2v) is 7.09. The maximum absolute atomic E-state index is 12.5. The van der Waals surface area contributed by atoms with E-state index < -0.39 is 0 Å². The van der Waals surface area contributed by atoms with Gasteiger partial charge in [0.05, 0.1) is 0 Å². The molecule has 2 aliphatic rings. The molecule has 0 radical (unpaired) electrons. The second-order valence-electron chi connectivity index (χ2n) is 6.65. The van der Waals surface area contributed by atoms with E-state index >= 15 is 0 Å². The molecule has 130 valence electrons. The maximum atomic E-state index is 12.5. The fraction of sp³-hybridized carbons (Fsp3) is 0.529. The molecule has 0 spiro atoms. The molecule has 1 atom stereocenters. The summed E-state index contributed by atoms with van der Waals surface area (Å²) < 4.78 is 0. The number of halogens is 1. The third-order valence-corrected chi connectivity index (χ3v) is 5.32. The van der Waals surface area contributed by atoms with Crippen LogP contribution in [0.5, 0.6) is 0 Å². The maximum Gasteiger partial charge on any atom is 0.324 e. The van der Waals surface area contributed by atoms with Crippen LogP contribution in [0.15, 0.2) is 24.3 Å². The van der Waals surface area contributed by atoms with Crippen molar-refractivity contribution in [3.8, 4) is 0 Å². The number of amides is 3. The van der Waals surface area contributed by atoms with E-state index in [1.807, 2.05) is 19.1 Å². The Bertz CT molecular complexity index is 599. The minimum Gasteiger partial charge on any atom is -0.336 e. The van der Waals surface area contributed by atoms with Crippen LogP contribution in [-0.4, -0.2) is 62.1 Å². The zero-order valence-electron chi connectivity index (χ0n) is 14.0. The van der Waals surface area contributed by atoms with Crippen molar-refractivity contribution in [1.82, 2.24) is 10.2 Å². The van der Waals surface area contributed by atoms with Crippen molar-refractivity contribution >= 4 is 23.5 Å². The van der Waals surface area contributed by atoms with E-state index in [2.05, 4.69) is 17.4 Å². The number of carbonyl (C=O) groups excluding carboxylic acids is 2. The third kappa shape index (κ3) is 3.88. The fourth-order valence-electron chi connectivity index (χ4n) is 3.52. The van der Waals surface area contributed by atoms with Crippen LogP contribution in [0.4, 0.5) is 4.79 Å². The second kappa shape index (κ2) is 7.51. The topological polar surface area (TPSA) is 58.3 Å². The summed E-state index contributed by atoms with van der Waals surface area (Å²) >= 11 is 5.93. The summed E-state index contributed by atoms with van der Waals surface area (Å²) in [5, 5.41) is 3.46. The van der Waals surface area contributed by atoms with Crippen LogP contribution in [0.2, 0.25) is 5.02 Å². The van der Waals surface area contributed by atoms with E-state index in [4.69, 9.17) is 11.6 Å². The van der Waals surface area contributed by atoms with Crippen molar-refractivity contribution in [2.45, 2.75) is 19.5 Å². The number of piperazine rings is 1. The molecule has 3 rings (SSSR count). The van der Waals surface area contributed by atoms with Gasteiger partial charge in [-0.3, -0.25) is 9.69 Å². The van der Waals surface area contributed by atoms with Crippen LogP contribution in [0.3, 0.4) is 0 Å². The zero-order valence-corrected chi connectivity index (χ0v) is 14.7. The number of hydrogen-bond donors (Lipinski definition) is 3. The molecule has 0 saturated carbocycles. The molecule has 1 aromatic carbocycles. The average molecular weight is 353 g/mol. The number of benzene rings is 1. The standard InChI is InChI=1S/C17H23ClN4O2/c1-13(16(23)22-7-6-19-17(22)24)21-10-8-20(9-11-21)12-14-2-4-15(18)5-3-14/h2-5,13H,6-12H2,1H3,(H,19,24)/p+2/t13-/m1/s1. The lowest BCUT2D eigenvalue weighted by Crippen LogP contribution is -3.29. The lowest BCUT2D eigenvalue weighted by Gasteiger charge is -2.33. The Balaban J connectivity index is 1.50. The lowest BCUT2D eigenvalue weighted by molar-refractivity contribution is -1.02. The van der Waals surface area contributed by atoms with Crippen LogP contribution in [0.1, 0.15) is 12.5 Å². The van der Waals surface area contributed by atoms with Gasteiger partial charge >= 0.3 is 6.03 Å². The van der Waals surface area contributed by atoms with Crippen molar-refractivity contribution in [2.24, 2.45) is 0 Å². The number of quaternary nitrogens is 2. The number of carbonyl (C=O) groups is 2. The Hall–Kier alpha value is -1.63. The van der Waals surface area contributed by atoms with E-state index in [0.717, 1.165) is 37.7 Å². The summed E-state index contributed by atoms with van der Waals surface area (Å²) in [5.74, 6) is -0.0545. The molecule has 0 aromatic heterocycles. The number of nitrogens with zero attached hydrogens (tertiary/aromatic N) is 1. The molecule has 0 unspecified atom stereocenters. The summed E-state index contributed by atoms with van der Waals surface area (Å²) in [6.45, 7) is 7.93. The number of urea groups is 1. The van der Waals surface area contributed by atoms with Gasteiger partial charge in [0.25, 0.3) is 5.91 Å². The van der Waals surface area contributed by atoms with Crippen LogP contribution in [0, 0.1) is 0 Å². The minimum atomic E-state index is -0.252. The predicted octanol–water partition coefficient (Wildman–Crippen LogP) is -1.44. The number of imide groups is 1. The Morgan fingerprint density at radius 3 is 2.50 bits per heavy atom. The van der Waals surface area contributed by atoms with E-state index in [0.29, 0.717) is 13.1 Å². The SMILES string of the molecule is C[C@H](C(=O)N1CCNC1=O)[NH+]1CC[NH+](Cc2ccc(Cl)cc2)CC1. The highest BCUT2D eigenvalue weighted by Crippen LogP contribution is 2.08. The molecule has 3 N–H and O–H groups in total. The van der Waals surface area contributed by atoms with Crippen molar-refractivity contribution in [3.63, 3.8) is 0 Å². The Kier molecular flexibility index (Phi) is 5.38. The first-order valence-corrected chi connectivity index (χ1v) is 8.94. The summed E-state index contributed by atoms with van der Waals surface area (Å²) in [4.78, 5) is 28.3. The van der Waals surface area contributed by atoms with Crippen LogP contribution >= 0.6 is 11.6 Å². The Morgan fingerprint density at radius 2 is 1.92 bits per heavy atom. The van der Waals surface area contributed by atoms with Crippen molar-refractivity contribution in [1.29, 1.82) is 0 Å². The molecule has 0 aliphatic carbocycles. The van der Waals surface area contributed by atoms with E-state index in [1.165, 1.54) is 20.3 Å². The highest BCUT2D eigenvalue weighted by molar-refractivity contribution is 6.30. The van der Waals surface area contributed by atoms with E-state index in [9.17, 15) is 9.59 Å². The van der Waals surface area contributed by atoms with Gasteiger partial charge < -0.3 is 15.1 Å². The molecule has 24 heavy (non-hydrogen) atoms. The summed E-state index contributed by atoms with van der Waals surface area (Å²) in [6.07, 6.45) is 0. The molecule has 2 aliphatic heterocycles. The Morgan fingerprint density at radius 1 is 1.25 bits per heavy atom. The summed E-state index contributed by atoms with van der Waals surface area (Å²) in [6, 6.07) is 7.60. The highest BCUT2D eigenvalue weighted by Gasteiger charge is 2.37. The van der Waals surface area contributed by atoms with Gasteiger partial charge in [-0.15, -0.1) is 0 Å². The molecule has 2 heterocycles. The summed E-state index contributed by atoms with van der Waals surface area (Å²) in [7, 11) is 0. The van der Waals surface area contributed by atoms with Gasteiger partial charge in [0.2, 0.25) is 0 Å². The van der Waals surface area contributed by atoms with Gasteiger partial charge in [0.1, 0.15) is 32.7 Å². The lowest BCUT2D eigenvalue weighted by atomic mass is 10.1.